The van der Waals surface area contributed by atoms with Gasteiger partial charge in [-0.3, -0.25) is 4.79 Å². The quantitative estimate of drug-likeness (QED) is 0.689. The summed E-state index contributed by atoms with van der Waals surface area (Å²) in [6, 6.07) is 8.23. The van der Waals surface area contributed by atoms with Gasteiger partial charge in [0.1, 0.15) is 11.5 Å². The molecule has 27 heavy (non-hydrogen) atoms. The van der Waals surface area contributed by atoms with Crippen molar-refractivity contribution >= 4 is 17.8 Å². The minimum atomic E-state index is -2.76. The van der Waals surface area contributed by atoms with Crippen LogP contribution < -0.4 is 11.1 Å². The monoisotopic (exact) mass is 370 g/mol. The van der Waals surface area contributed by atoms with E-state index in [-0.39, 0.29) is 23.2 Å². The lowest BCUT2D eigenvalue weighted by Gasteiger charge is -2.15. The zero-order valence-corrected chi connectivity index (χ0v) is 14.3. The Morgan fingerprint density at radius 1 is 1.26 bits per heavy atom. The Bertz CT molecular complexity index is 1030. The molecule has 0 saturated heterocycles. The number of nitrogens with one attached hydrogen (secondary N) is 1. The second kappa shape index (κ2) is 6.44. The molecule has 1 aliphatic heterocycles. The summed E-state index contributed by atoms with van der Waals surface area (Å²) in [6.45, 7) is 1.46. The van der Waals surface area contributed by atoms with Crippen LogP contribution in [0.1, 0.15) is 29.4 Å². The molecule has 7 nitrogen and oxygen atoms in total. The molecule has 0 spiro atoms. The second-order valence-corrected chi connectivity index (χ2v) is 6.15. The van der Waals surface area contributed by atoms with Crippen molar-refractivity contribution in [2.45, 2.75) is 19.5 Å². The molecule has 0 amide bonds. The number of carbonyl (C=O) groups excluding carboxylic acids is 1. The van der Waals surface area contributed by atoms with E-state index in [0.717, 1.165) is 0 Å². The summed E-state index contributed by atoms with van der Waals surface area (Å²) < 4.78 is 30.0. The zero-order chi connectivity index (χ0) is 19.1. The topological polar surface area (TPSA) is 90.8 Å². The minimum absolute atomic E-state index is 0.0710. The van der Waals surface area contributed by atoms with Gasteiger partial charge >= 0.3 is 0 Å². The maximum Gasteiger partial charge on any atom is 0.282 e. The van der Waals surface area contributed by atoms with Gasteiger partial charge in [-0.15, -0.1) is 0 Å². The standard InChI is InChI=1S/C18H16F2N6O/c1-10(27)11-2-4-12(5-3-11)26-9-13(17(24-26)18(19)20)14-8-16-22-15(21)6-7-25(16)23-14/h2-9,15,18,22H,21H2,1H3. The molecule has 4 rings (SSSR count). The van der Waals surface area contributed by atoms with Crippen LogP contribution in [0.3, 0.4) is 0 Å². The molecule has 0 bridgehead atoms. The number of alkyl halides is 2. The molecule has 0 aliphatic carbocycles. The number of ketones is 1. The van der Waals surface area contributed by atoms with Crippen LogP contribution in [0.25, 0.3) is 23.1 Å². The molecule has 3 N–H and O–H groups in total. The molecular formula is C18H16F2N6O. The van der Waals surface area contributed by atoms with Crippen molar-refractivity contribution in [2.75, 3.05) is 5.32 Å². The van der Waals surface area contributed by atoms with E-state index in [1.165, 1.54) is 22.5 Å². The number of benzene rings is 1. The van der Waals surface area contributed by atoms with E-state index in [1.807, 2.05) is 0 Å². The van der Waals surface area contributed by atoms with Crippen LogP contribution in [-0.2, 0) is 0 Å². The van der Waals surface area contributed by atoms with Gasteiger partial charge in [0.2, 0.25) is 0 Å². The zero-order valence-electron chi connectivity index (χ0n) is 14.3. The molecule has 9 heteroatoms. The molecule has 1 atom stereocenters. The Hall–Kier alpha value is -3.33. The number of hydrogen-bond donors (Lipinski definition) is 2. The number of carbonyl (C=O) groups is 1. The van der Waals surface area contributed by atoms with Gasteiger partial charge in [0.25, 0.3) is 6.43 Å². The fourth-order valence-corrected chi connectivity index (χ4v) is 2.87. The highest BCUT2D eigenvalue weighted by molar-refractivity contribution is 5.94. The molecule has 1 aliphatic rings. The van der Waals surface area contributed by atoms with Crippen LogP contribution >= 0.6 is 0 Å². The molecule has 3 heterocycles. The van der Waals surface area contributed by atoms with Crippen LogP contribution in [0.15, 0.2) is 42.6 Å². The van der Waals surface area contributed by atoms with E-state index >= 15 is 0 Å². The van der Waals surface area contributed by atoms with E-state index < -0.39 is 6.43 Å². The van der Waals surface area contributed by atoms with E-state index in [1.54, 1.807) is 42.6 Å². The second-order valence-electron chi connectivity index (χ2n) is 6.15. The molecule has 0 fully saturated rings. The first-order chi connectivity index (χ1) is 12.9. The largest absolute Gasteiger partial charge is 0.351 e. The lowest BCUT2D eigenvalue weighted by atomic mass is 10.1. The fourth-order valence-electron chi connectivity index (χ4n) is 2.87. The third kappa shape index (κ3) is 3.13. The third-order valence-corrected chi connectivity index (χ3v) is 4.25. The Kier molecular flexibility index (Phi) is 4.08. The first kappa shape index (κ1) is 17.1. The van der Waals surface area contributed by atoms with Gasteiger partial charge in [-0.1, -0.05) is 0 Å². The SMILES string of the molecule is CC(=O)c1ccc(-n2cc(-c3cc4n(n3)C=CC(N)N4)c(C(F)F)n2)cc1. The Morgan fingerprint density at radius 2 is 2.00 bits per heavy atom. The van der Waals surface area contributed by atoms with E-state index in [9.17, 15) is 13.6 Å². The maximum atomic E-state index is 13.6. The smallest absolute Gasteiger partial charge is 0.282 e. The van der Waals surface area contributed by atoms with Crippen molar-refractivity contribution in [1.82, 2.24) is 19.6 Å². The number of nitrogens with two attached hydrogens (primary N) is 1. The van der Waals surface area contributed by atoms with Crippen molar-refractivity contribution in [3.8, 4) is 16.9 Å². The van der Waals surface area contributed by atoms with Crippen LogP contribution in [-0.4, -0.2) is 31.5 Å². The van der Waals surface area contributed by atoms with Gasteiger partial charge in [-0.2, -0.15) is 10.2 Å². The fraction of sp³-hybridized carbons (Fsp3) is 0.167. The molecule has 3 aromatic rings. The summed E-state index contributed by atoms with van der Waals surface area (Å²) >= 11 is 0. The number of aromatic nitrogens is 4. The van der Waals surface area contributed by atoms with Crippen molar-refractivity contribution in [3.63, 3.8) is 0 Å². The molecule has 1 unspecified atom stereocenters. The van der Waals surface area contributed by atoms with E-state index in [0.29, 0.717) is 22.8 Å². The number of Topliss-reactive ketones (excluding diaryl/α,β-unsaturated/α-hetero) is 1. The number of hydrogen-bond acceptors (Lipinski definition) is 5. The molecular weight excluding hydrogens is 354 g/mol. The normalized spacial score (nSPS) is 15.7. The van der Waals surface area contributed by atoms with Crippen molar-refractivity contribution in [2.24, 2.45) is 5.73 Å². The average molecular weight is 370 g/mol. The van der Waals surface area contributed by atoms with Gasteiger partial charge in [-0.25, -0.2) is 18.1 Å². The average Bonchev–Trinajstić information content (AvgIpc) is 3.25. The van der Waals surface area contributed by atoms with Gasteiger partial charge in [0.15, 0.2) is 5.78 Å². The Morgan fingerprint density at radius 3 is 2.67 bits per heavy atom. The number of rotatable bonds is 4. The van der Waals surface area contributed by atoms with E-state index in [4.69, 9.17) is 5.73 Å². The van der Waals surface area contributed by atoms with Crippen molar-refractivity contribution < 1.29 is 13.6 Å². The number of halogens is 2. The first-order valence-corrected chi connectivity index (χ1v) is 8.22. The Labute approximate surface area is 153 Å². The van der Waals surface area contributed by atoms with Gasteiger partial charge in [0.05, 0.1) is 17.5 Å². The predicted molar refractivity (Wildman–Crippen MR) is 96.7 cm³/mol. The summed E-state index contributed by atoms with van der Waals surface area (Å²) in [6.07, 6.45) is 1.76. The lowest BCUT2D eigenvalue weighted by Crippen LogP contribution is -2.30. The van der Waals surface area contributed by atoms with Crippen LogP contribution in [0.2, 0.25) is 0 Å². The predicted octanol–water partition coefficient (Wildman–Crippen LogP) is 3.06. The number of anilines is 1. The van der Waals surface area contributed by atoms with Gasteiger partial charge < -0.3 is 11.1 Å². The minimum Gasteiger partial charge on any atom is -0.351 e. The third-order valence-electron chi connectivity index (χ3n) is 4.25. The highest BCUT2D eigenvalue weighted by atomic mass is 19.3. The molecule has 1 aromatic carbocycles. The van der Waals surface area contributed by atoms with E-state index in [2.05, 4.69) is 15.5 Å². The molecule has 2 aromatic heterocycles. The summed E-state index contributed by atoms with van der Waals surface area (Å²) in [5.41, 5.74) is 7.12. The van der Waals surface area contributed by atoms with Gasteiger partial charge in [0, 0.05) is 29.6 Å². The maximum absolute atomic E-state index is 13.6. The van der Waals surface area contributed by atoms with Crippen LogP contribution in [0.4, 0.5) is 14.6 Å². The summed E-state index contributed by atoms with van der Waals surface area (Å²) in [7, 11) is 0. The molecule has 138 valence electrons. The lowest BCUT2D eigenvalue weighted by molar-refractivity contribution is 0.101. The van der Waals surface area contributed by atoms with Crippen LogP contribution in [0.5, 0.6) is 0 Å². The number of fused-ring (bicyclic) bond motifs is 1. The highest BCUT2D eigenvalue weighted by Crippen LogP contribution is 2.32. The van der Waals surface area contributed by atoms with Gasteiger partial charge in [-0.05, 0) is 37.3 Å². The molecule has 0 saturated carbocycles. The highest BCUT2D eigenvalue weighted by Gasteiger charge is 2.23. The number of nitrogens with zero attached hydrogens (tertiary/aromatic N) is 4. The summed E-state index contributed by atoms with van der Waals surface area (Å²) in [5, 5.41) is 11.3. The summed E-state index contributed by atoms with van der Waals surface area (Å²) in [4.78, 5) is 11.4. The summed E-state index contributed by atoms with van der Waals surface area (Å²) in [5.74, 6) is 0.539. The van der Waals surface area contributed by atoms with Crippen molar-refractivity contribution in [3.05, 3.63) is 53.9 Å². The molecule has 0 radical (unpaired) electrons. The Balaban J connectivity index is 1.75. The first-order valence-electron chi connectivity index (χ1n) is 8.22. The van der Waals surface area contributed by atoms with Crippen LogP contribution in [0, 0.1) is 0 Å². The van der Waals surface area contributed by atoms with Crippen molar-refractivity contribution in [1.29, 1.82) is 0 Å².